The van der Waals surface area contributed by atoms with Gasteiger partial charge in [0.25, 0.3) is 0 Å². The summed E-state index contributed by atoms with van der Waals surface area (Å²) in [7, 11) is 0. The van der Waals surface area contributed by atoms with Crippen molar-refractivity contribution < 1.29 is 23.1 Å². The number of carbonyl (C=O) groups is 2. The average Bonchev–Trinajstić information content (AvgIpc) is 3.23. The van der Waals surface area contributed by atoms with E-state index in [4.69, 9.17) is 0 Å². The number of hydrogen-bond donors (Lipinski definition) is 3. The molecule has 1 aliphatic heterocycles. The first-order chi connectivity index (χ1) is 15.9. The smallest absolute Gasteiger partial charge is 0.387 e. The molecule has 0 saturated carbocycles. The van der Waals surface area contributed by atoms with Gasteiger partial charge in [-0.3, -0.25) is 9.59 Å². The number of carbonyl (C=O) groups excluding carboxylic acids is 2. The van der Waals surface area contributed by atoms with Gasteiger partial charge in [-0.1, -0.05) is 18.2 Å². The minimum absolute atomic E-state index is 0.0746. The molecule has 10 heteroatoms. The van der Waals surface area contributed by atoms with Gasteiger partial charge in [0.05, 0.1) is 0 Å². The van der Waals surface area contributed by atoms with Gasteiger partial charge in [0.2, 0.25) is 17.8 Å². The van der Waals surface area contributed by atoms with Crippen LogP contribution in [-0.2, 0) is 9.59 Å². The Labute approximate surface area is 188 Å². The van der Waals surface area contributed by atoms with E-state index >= 15 is 0 Å². The maximum atomic E-state index is 12.4. The second-order valence-corrected chi connectivity index (χ2v) is 7.50. The van der Waals surface area contributed by atoms with Crippen LogP contribution >= 0.6 is 0 Å². The SMILES string of the molecule is Cc1ccc(Nc2ncc(-c3ccc(OC(F)F)cc3)cn2)cc1NC(=O)[C@H]1CCC(=O)N1. The van der Waals surface area contributed by atoms with Gasteiger partial charge >= 0.3 is 6.61 Å². The number of aromatic nitrogens is 2. The average molecular weight is 453 g/mol. The predicted molar refractivity (Wildman–Crippen MR) is 118 cm³/mol. The summed E-state index contributed by atoms with van der Waals surface area (Å²) >= 11 is 0. The third-order valence-corrected chi connectivity index (χ3v) is 5.13. The van der Waals surface area contributed by atoms with Crippen molar-refractivity contribution in [1.29, 1.82) is 0 Å². The molecular formula is C23H21F2N5O3. The van der Waals surface area contributed by atoms with Gasteiger partial charge in [-0.2, -0.15) is 8.78 Å². The zero-order valence-electron chi connectivity index (χ0n) is 17.6. The summed E-state index contributed by atoms with van der Waals surface area (Å²) in [6.45, 7) is -1.00. The zero-order valence-corrected chi connectivity index (χ0v) is 17.6. The highest BCUT2D eigenvalue weighted by Gasteiger charge is 2.27. The second-order valence-electron chi connectivity index (χ2n) is 7.50. The van der Waals surface area contributed by atoms with Crippen molar-refractivity contribution in [2.24, 2.45) is 0 Å². The lowest BCUT2D eigenvalue weighted by atomic mass is 10.1. The van der Waals surface area contributed by atoms with Crippen LogP contribution in [0.25, 0.3) is 11.1 Å². The topological polar surface area (TPSA) is 105 Å². The highest BCUT2D eigenvalue weighted by Crippen LogP contribution is 2.25. The van der Waals surface area contributed by atoms with Crippen LogP contribution in [0.4, 0.5) is 26.1 Å². The molecule has 0 bridgehead atoms. The fourth-order valence-corrected chi connectivity index (χ4v) is 3.36. The molecule has 1 aromatic heterocycles. The van der Waals surface area contributed by atoms with Crippen LogP contribution in [0.1, 0.15) is 18.4 Å². The number of hydrogen-bond acceptors (Lipinski definition) is 6. The first kappa shape index (κ1) is 22.1. The van der Waals surface area contributed by atoms with Crippen molar-refractivity contribution in [3.63, 3.8) is 0 Å². The molecule has 0 unspecified atom stereocenters. The molecular weight excluding hydrogens is 432 g/mol. The van der Waals surface area contributed by atoms with Gasteiger partial charge in [-0.25, -0.2) is 9.97 Å². The van der Waals surface area contributed by atoms with Crippen molar-refractivity contribution in [2.75, 3.05) is 10.6 Å². The number of aryl methyl sites for hydroxylation is 1. The number of rotatable bonds is 7. The van der Waals surface area contributed by atoms with Crippen LogP contribution in [0, 0.1) is 6.92 Å². The molecule has 8 nitrogen and oxygen atoms in total. The quantitative estimate of drug-likeness (QED) is 0.499. The summed E-state index contributed by atoms with van der Waals surface area (Å²) < 4.78 is 28.9. The van der Waals surface area contributed by atoms with Crippen LogP contribution < -0.4 is 20.7 Å². The summed E-state index contributed by atoms with van der Waals surface area (Å²) in [5.74, 6) is 0.0399. The van der Waals surface area contributed by atoms with E-state index in [1.807, 2.05) is 19.1 Å². The Morgan fingerprint density at radius 3 is 2.48 bits per heavy atom. The lowest BCUT2D eigenvalue weighted by Crippen LogP contribution is -2.37. The number of benzene rings is 2. The van der Waals surface area contributed by atoms with Crippen LogP contribution in [0.5, 0.6) is 5.75 Å². The lowest BCUT2D eigenvalue weighted by molar-refractivity contribution is -0.122. The van der Waals surface area contributed by atoms with Crippen LogP contribution in [0.3, 0.4) is 0 Å². The fraction of sp³-hybridized carbons (Fsp3) is 0.217. The van der Waals surface area contributed by atoms with Gasteiger partial charge in [-0.05, 0) is 48.7 Å². The third kappa shape index (κ3) is 5.59. The maximum absolute atomic E-state index is 12.4. The van der Waals surface area contributed by atoms with Crippen molar-refractivity contribution in [2.45, 2.75) is 32.4 Å². The molecule has 1 fully saturated rings. The van der Waals surface area contributed by atoms with Crippen molar-refractivity contribution in [1.82, 2.24) is 15.3 Å². The lowest BCUT2D eigenvalue weighted by Gasteiger charge is -2.14. The standard InChI is InChI=1S/C23H21F2N5O3/c1-13-2-5-16(10-19(13)30-21(32)18-8-9-20(31)29-18)28-23-26-11-15(12-27-23)14-3-6-17(7-4-14)33-22(24)25/h2-7,10-12,18,22H,8-9H2,1H3,(H,29,31)(H,30,32)(H,26,27,28)/t18-/m1/s1. The van der Waals surface area contributed by atoms with E-state index in [2.05, 4.69) is 30.7 Å². The molecule has 0 spiro atoms. The summed E-state index contributed by atoms with van der Waals surface area (Å²) in [5.41, 5.74) is 3.62. The number of nitrogens with zero attached hydrogens (tertiary/aromatic N) is 2. The van der Waals surface area contributed by atoms with Crippen LogP contribution in [0.15, 0.2) is 54.9 Å². The minimum Gasteiger partial charge on any atom is -0.435 e. The first-order valence-corrected chi connectivity index (χ1v) is 10.2. The zero-order chi connectivity index (χ0) is 23.4. The molecule has 2 aromatic carbocycles. The van der Waals surface area contributed by atoms with E-state index in [1.165, 1.54) is 12.1 Å². The van der Waals surface area contributed by atoms with Crippen LogP contribution in [-0.4, -0.2) is 34.4 Å². The van der Waals surface area contributed by atoms with Crippen molar-refractivity contribution in [3.8, 4) is 16.9 Å². The number of alkyl halides is 2. The van der Waals surface area contributed by atoms with Gasteiger partial charge in [-0.15, -0.1) is 0 Å². The van der Waals surface area contributed by atoms with Crippen LogP contribution in [0.2, 0.25) is 0 Å². The van der Waals surface area contributed by atoms with E-state index in [1.54, 1.807) is 30.6 Å². The Hall–Kier alpha value is -4.08. The van der Waals surface area contributed by atoms with E-state index < -0.39 is 12.7 Å². The highest BCUT2D eigenvalue weighted by atomic mass is 19.3. The van der Waals surface area contributed by atoms with Gasteiger partial charge in [0.1, 0.15) is 11.8 Å². The van der Waals surface area contributed by atoms with E-state index in [9.17, 15) is 18.4 Å². The predicted octanol–water partition coefficient (Wildman–Crippen LogP) is 4.01. The normalized spacial score (nSPS) is 15.3. The Kier molecular flexibility index (Phi) is 6.43. The molecule has 1 atom stereocenters. The summed E-state index contributed by atoms with van der Waals surface area (Å²) in [5, 5.41) is 8.59. The number of anilines is 3. The van der Waals surface area contributed by atoms with Gasteiger partial charge in [0.15, 0.2) is 0 Å². The maximum Gasteiger partial charge on any atom is 0.387 e. The van der Waals surface area contributed by atoms with Crippen molar-refractivity contribution in [3.05, 3.63) is 60.4 Å². The largest absolute Gasteiger partial charge is 0.435 e. The highest BCUT2D eigenvalue weighted by molar-refractivity contribution is 5.99. The first-order valence-electron chi connectivity index (χ1n) is 10.2. The summed E-state index contributed by atoms with van der Waals surface area (Å²) in [6, 6.07) is 11.1. The van der Waals surface area contributed by atoms with E-state index in [-0.39, 0.29) is 17.6 Å². The second kappa shape index (κ2) is 9.60. The van der Waals surface area contributed by atoms with Crippen molar-refractivity contribution >= 4 is 29.1 Å². The van der Waals surface area contributed by atoms with Gasteiger partial charge in [0, 0.05) is 35.8 Å². The number of ether oxygens (including phenoxy) is 1. The van der Waals surface area contributed by atoms with E-state index in [0.29, 0.717) is 35.7 Å². The monoisotopic (exact) mass is 453 g/mol. The molecule has 1 aliphatic rings. The Morgan fingerprint density at radius 2 is 1.85 bits per heavy atom. The number of nitrogens with one attached hydrogen (secondary N) is 3. The molecule has 3 N–H and O–H groups in total. The Morgan fingerprint density at radius 1 is 1.12 bits per heavy atom. The van der Waals surface area contributed by atoms with E-state index in [0.717, 1.165) is 11.1 Å². The Bertz CT molecular complexity index is 1150. The Balaban J connectivity index is 1.42. The molecule has 0 radical (unpaired) electrons. The summed E-state index contributed by atoms with van der Waals surface area (Å²) in [6.07, 6.45) is 4.04. The molecule has 33 heavy (non-hydrogen) atoms. The molecule has 1 saturated heterocycles. The number of halogens is 2. The molecule has 170 valence electrons. The fourth-order valence-electron chi connectivity index (χ4n) is 3.36. The molecule has 4 rings (SSSR count). The third-order valence-electron chi connectivity index (χ3n) is 5.13. The van der Waals surface area contributed by atoms with Gasteiger partial charge < -0.3 is 20.7 Å². The summed E-state index contributed by atoms with van der Waals surface area (Å²) in [4.78, 5) is 32.4. The molecule has 2 amide bonds. The number of amides is 2. The molecule has 2 heterocycles. The molecule has 3 aromatic rings. The molecule has 0 aliphatic carbocycles. The minimum atomic E-state index is -2.87.